The van der Waals surface area contributed by atoms with Crippen LogP contribution in [0.5, 0.6) is 0 Å². The first-order valence-electron chi connectivity index (χ1n) is 9.81. The van der Waals surface area contributed by atoms with E-state index < -0.39 is 8.32 Å². The van der Waals surface area contributed by atoms with E-state index in [1.54, 1.807) is 0 Å². The molecule has 0 unspecified atom stereocenters. The van der Waals surface area contributed by atoms with Gasteiger partial charge < -0.3 is 9.74 Å². The molecular formula is C21H36N2O2Si. The average molecular weight is 377 g/mol. The van der Waals surface area contributed by atoms with Crippen LogP contribution in [0, 0.1) is 0 Å². The third-order valence-electron chi connectivity index (χ3n) is 5.79. The van der Waals surface area contributed by atoms with Crippen molar-refractivity contribution in [1.82, 2.24) is 10.2 Å². The Morgan fingerprint density at radius 1 is 1.19 bits per heavy atom. The smallest absolute Gasteiger partial charge is 0.234 e. The van der Waals surface area contributed by atoms with Gasteiger partial charge in [0, 0.05) is 19.1 Å². The van der Waals surface area contributed by atoms with Gasteiger partial charge >= 0.3 is 0 Å². The largest absolute Gasteiger partial charge is 0.415 e. The average Bonchev–Trinajstić information content (AvgIpc) is 2.75. The summed E-state index contributed by atoms with van der Waals surface area (Å²) in [6, 6.07) is 8.66. The van der Waals surface area contributed by atoms with Gasteiger partial charge in [0.05, 0.1) is 13.2 Å². The number of hydrogen-bond acceptors (Lipinski definition) is 3. The van der Waals surface area contributed by atoms with Crippen molar-refractivity contribution in [1.29, 1.82) is 0 Å². The van der Waals surface area contributed by atoms with E-state index in [-0.39, 0.29) is 17.0 Å². The number of hydrogen-bond donors (Lipinski definition) is 1. The van der Waals surface area contributed by atoms with Crippen molar-refractivity contribution >= 4 is 14.2 Å². The van der Waals surface area contributed by atoms with Gasteiger partial charge in [-0.2, -0.15) is 0 Å². The molecule has 0 radical (unpaired) electrons. The molecule has 2 rings (SSSR count). The Kier molecular flexibility index (Phi) is 7.05. The van der Waals surface area contributed by atoms with Crippen LogP contribution in [0.15, 0.2) is 24.3 Å². The fourth-order valence-corrected chi connectivity index (χ4v) is 4.09. The zero-order valence-electron chi connectivity index (χ0n) is 17.4. The second kappa shape index (κ2) is 8.68. The molecule has 1 aromatic rings. The number of fused-ring (bicyclic) bond motifs is 1. The lowest BCUT2D eigenvalue weighted by atomic mass is 10.0. The fraction of sp³-hybridized carbons (Fsp3) is 0.667. The lowest BCUT2D eigenvalue weighted by Gasteiger charge is -2.37. The molecule has 0 aliphatic carbocycles. The summed E-state index contributed by atoms with van der Waals surface area (Å²) in [5, 5.41) is 3.30. The topological polar surface area (TPSA) is 41.6 Å². The maximum Gasteiger partial charge on any atom is 0.234 e. The van der Waals surface area contributed by atoms with Crippen LogP contribution >= 0.6 is 0 Å². The molecule has 0 spiro atoms. The molecule has 1 aliphatic rings. The third kappa shape index (κ3) is 5.93. The van der Waals surface area contributed by atoms with Gasteiger partial charge in [-0.05, 0) is 49.0 Å². The van der Waals surface area contributed by atoms with Gasteiger partial charge in [-0.15, -0.1) is 0 Å². The Bertz CT molecular complexity index is 583. The Labute approximate surface area is 160 Å². The summed E-state index contributed by atoms with van der Waals surface area (Å²) >= 11 is 0. The van der Waals surface area contributed by atoms with Gasteiger partial charge in [0.2, 0.25) is 5.91 Å². The van der Waals surface area contributed by atoms with E-state index in [1.807, 2.05) is 6.92 Å². The van der Waals surface area contributed by atoms with Crippen LogP contribution in [0.1, 0.15) is 38.8 Å². The molecule has 5 heteroatoms. The first-order valence-corrected chi connectivity index (χ1v) is 12.7. The zero-order chi connectivity index (χ0) is 19.4. The molecule has 1 amide bonds. The van der Waals surface area contributed by atoms with Crippen molar-refractivity contribution < 1.29 is 9.22 Å². The van der Waals surface area contributed by atoms with Crippen molar-refractivity contribution in [3.05, 3.63) is 35.4 Å². The SMILES string of the molecule is C[C@H](CO[Si](C)(C)C(C)(C)C)NC(=O)CN1CCc2ccccc2CC1. The molecular weight excluding hydrogens is 340 g/mol. The van der Waals surface area contributed by atoms with E-state index in [0.717, 1.165) is 25.9 Å². The summed E-state index contributed by atoms with van der Waals surface area (Å²) < 4.78 is 6.22. The minimum Gasteiger partial charge on any atom is -0.415 e. The van der Waals surface area contributed by atoms with Crippen LogP contribution in [0.2, 0.25) is 18.1 Å². The van der Waals surface area contributed by atoms with E-state index >= 15 is 0 Å². The Hall–Kier alpha value is -1.17. The van der Waals surface area contributed by atoms with E-state index in [1.165, 1.54) is 11.1 Å². The van der Waals surface area contributed by atoms with Gasteiger partial charge in [-0.3, -0.25) is 9.69 Å². The minimum atomic E-state index is -1.77. The summed E-state index contributed by atoms with van der Waals surface area (Å²) in [5.41, 5.74) is 2.85. The Morgan fingerprint density at radius 3 is 2.23 bits per heavy atom. The van der Waals surface area contributed by atoms with Crippen molar-refractivity contribution in [2.24, 2.45) is 0 Å². The van der Waals surface area contributed by atoms with Crippen molar-refractivity contribution in [2.45, 2.75) is 64.7 Å². The number of carbonyl (C=O) groups excluding carboxylic acids is 1. The fourth-order valence-electron chi connectivity index (χ4n) is 2.99. The Balaban J connectivity index is 1.76. The highest BCUT2D eigenvalue weighted by molar-refractivity contribution is 6.74. The van der Waals surface area contributed by atoms with Gasteiger partial charge in [-0.1, -0.05) is 45.0 Å². The molecule has 0 fully saturated rings. The van der Waals surface area contributed by atoms with E-state index in [2.05, 4.69) is 68.3 Å². The Morgan fingerprint density at radius 2 is 1.73 bits per heavy atom. The lowest BCUT2D eigenvalue weighted by molar-refractivity contribution is -0.123. The van der Waals surface area contributed by atoms with Gasteiger partial charge in [-0.25, -0.2) is 0 Å². The molecule has 4 nitrogen and oxygen atoms in total. The molecule has 1 N–H and O–H groups in total. The standard InChI is InChI=1S/C21H36N2O2Si/c1-17(16-25-26(5,6)21(2,3)4)22-20(24)15-23-13-11-18-9-7-8-10-19(18)12-14-23/h7-10,17H,11-16H2,1-6H3,(H,22,24)/t17-/m1/s1. The third-order valence-corrected chi connectivity index (χ3v) is 10.3. The first-order chi connectivity index (χ1) is 12.1. The van der Waals surface area contributed by atoms with E-state index in [0.29, 0.717) is 13.2 Å². The zero-order valence-corrected chi connectivity index (χ0v) is 18.4. The molecule has 1 heterocycles. The highest BCUT2D eigenvalue weighted by atomic mass is 28.4. The monoisotopic (exact) mass is 376 g/mol. The van der Waals surface area contributed by atoms with Crippen molar-refractivity contribution in [3.63, 3.8) is 0 Å². The molecule has 1 atom stereocenters. The molecule has 0 saturated carbocycles. The van der Waals surface area contributed by atoms with Crippen molar-refractivity contribution in [3.8, 4) is 0 Å². The number of nitrogens with one attached hydrogen (secondary N) is 1. The summed E-state index contributed by atoms with van der Waals surface area (Å²) in [5.74, 6) is 0.0993. The van der Waals surface area contributed by atoms with Gasteiger partial charge in [0.15, 0.2) is 8.32 Å². The molecule has 0 bridgehead atoms. The maximum absolute atomic E-state index is 12.4. The van der Waals surface area contributed by atoms with Crippen LogP contribution in [0.4, 0.5) is 0 Å². The number of nitrogens with zero attached hydrogens (tertiary/aromatic N) is 1. The number of benzene rings is 1. The molecule has 0 saturated heterocycles. The first kappa shape index (κ1) is 21.1. The molecule has 1 aliphatic heterocycles. The summed E-state index contributed by atoms with van der Waals surface area (Å²) in [7, 11) is -1.77. The molecule has 26 heavy (non-hydrogen) atoms. The molecule has 0 aromatic heterocycles. The van der Waals surface area contributed by atoms with Crippen LogP contribution in [-0.2, 0) is 22.1 Å². The second-order valence-corrected chi connectivity index (χ2v) is 13.9. The summed E-state index contributed by atoms with van der Waals surface area (Å²) in [4.78, 5) is 14.7. The van der Waals surface area contributed by atoms with Gasteiger partial charge in [0.25, 0.3) is 0 Å². The van der Waals surface area contributed by atoms with Crippen LogP contribution < -0.4 is 5.32 Å². The summed E-state index contributed by atoms with van der Waals surface area (Å²) in [6.45, 7) is 16.2. The van der Waals surface area contributed by atoms with Crippen LogP contribution in [0.3, 0.4) is 0 Å². The normalized spacial score (nSPS) is 17.3. The second-order valence-electron chi connectivity index (χ2n) is 9.08. The van der Waals surface area contributed by atoms with Crippen LogP contribution in [-0.4, -0.2) is 51.4 Å². The van der Waals surface area contributed by atoms with Crippen LogP contribution in [0.25, 0.3) is 0 Å². The lowest BCUT2D eigenvalue weighted by Crippen LogP contribution is -2.47. The quantitative estimate of drug-likeness (QED) is 0.771. The minimum absolute atomic E-state index is 0.0424. The highest BCUT2D eigenvalue weighted by Gasteiger charge is 2.37. The number of amides is 1. The predicted molar refractivity (Wildman–Crippen MR) is 111 cm³/mol. The highest BCUT2D eigenvalue weighted by Crippen LogP contribution is 2.36. The number of carbonyl (C=O) groups is 1. The molecule has 146 valence electrons. The van der Waals surface area contributed by atoms with Gasteiger partial charge in [0.1, 0.15) is 0 Å². The van der Waals surface area contributed by atoms with Crippen molar-refractivity contribution in [2.75, 3.05) is 26.2 Å². The maximum atomic E-state index is 12.4. The van der Waals surface area contributed by atoms with E-state index in [9.17, 15) is 4.79 Å². The number of rotatable bonds is 6. The predicted octanol–water partition coefficient (Wildman–Crippen LogP) is 3.61. The summed E-state index contributed by atoms with van der Waals surface area (Å²) in [6.07, 6.45) is 2.04. The van der Waals surface area contributed by atoms with E-state index in [4.69, 9.17) is 4.43 Å². The molecule has 1 aromatic carbocycles.